The second-order valence-electron chi connectivity index (χ2n) is 4.79. The number of rotatable bonds is 6. The first-order valence-corrected chi connectivity index (χ1v) is 8.11. The quantitative estimate of drug-likeness (QED) is 0.735. The molecule has 10 heteroatoms. The number of esters is 1. The van der Waals surface area contributed by atoms with E-state index in [4.69, 9.17) is 23.2 Å². The third kappa shape index (κ3) is 6.19. The number of hydrogen-bond donors (Lipinski definition) is 1. The SMILES string of the molecule is CCC(C)[C@H](NC(=O)c1cc(Cl)c(Cl)s1)C(=O)OCC(F)(F)F. The summed E-state index contributed by atoms with van der Waals surface area (Å²) >= 11 is 12.4. The molecular formula is C13H14Cl2F3NO3S. The lowest BCUT2D eigenvalue weighted by Crippen LogP contribution is -2.46. The van der Waals surface area contributed by atoms with Gasteiger partial charge in [-0.1, -0.05) is 43.5 Å². The van der Waals surface area contributed by atoms with Gasteiger partial charge < -0.3 is 10.1 Å². The van der Waals surface area contributed by atoms with Crippen molar-refractivity contribution in [3.05, 3.63) is 20.3 Å². The first-order chi connectivity index (χ1) is 10.5. The highest BCUT2D eigenvalue weighted by Crippen LogP contribution is 2.31. The fourth-order valence-electron chi connectivity index (χ4n) is 1.58. The molecular weight excluding hydrogens is 378 g/mol. The number of alkyl halides is 3. The van der Waals surface area contributed by atoms with E-state index >= 15 is 0 Å². The lowest BCUT2D eigenvalue weighted by atomic mass is 9.99. The first kappa shape index (κ1) is 20.1. The number of halogens is 5. The molecule has 0 bridgehead atoms. The number of amides is 1. The summed E-state index contributed by atoms with van der Waals surface area (Å²) in [6.45, 7) is 1.65. The molecule has 0 radical (unpaired) electrons. The van der Waals surface area contributed by atoms with Crippen molar-refractivity contribution in [3.8, 4) is 0 Å². The molecule has 0 aliphatic rings. The van der Waals surface area contributed by atoms with Crippen molar-refractivity contribution in [3.63, 3.8) is 0 Å². The van der Waals surface area contributed by atoms with Crippen molar-refractivity contribution < 1.29 is 27.5 Å². The van der Waals surface area contributed by atoms with E-state index < -0.39 is 36.6 Å². The van der Waals surface area contributed by atoms with Gasteiger partial charge in [-0.2, -0.15) is 13.2 Å². The highest BCUT2D eigenvalue weighted by molar-refractivity contribution is 7.18. The second kappa shape index (κ2) is 8.21. The van der Waals surface area contributed by atoms with Gasteiger partial charge in [-0.15, -0.1) is 11.3 Å². The molecule has 1 aromatic heterocycles. The molecule has 1 N–H and O–H groups in total. The zero-order chi connectivity index (χ0) is 17.8. The normalized spacial score (nSPS) is 14.2. The van der Waals surface area contributed by atoms with Crippen LogP contribution < -0.4 is 5.32 Å². The Morgan fingerprint density at radius 3 is 2.43 bits per heavy atom. The van der Waals surface area contributed by atoms with Crippen LogP contribution in [0.1, 0.15) is 29.9 Å². The predicted molar refractivity (Wildman–Crippen MR) is 82.1 cm³/mol. The van der Waals surface area contributed by atoms with Crippen LogP contribution in [-0.4, -0.2) is 30.7 Å². The van der Waals surface area contributed by atoms with Crippen LogP contribution in [0.4, 0.5) is 13.2 Å². The maximum Gasteiger partial charge on any atom is 0.422 e. The molecule has 1 aromatic rings. The van der Waals surface area contributed by atoms with E-state index in [9.17, 15) is 22.8 Å². The summed E-state index contributed by atoms with van der Waals surface area (Å²) in [7, 11) is 0. The van der Waals surface area contributed by atoms with Gasteiger partial charge in [-0.25, -0.2) is 4.79 Å². The highest BCUT2D eigenvalue weighted by Gasteiger charge is 2.34. The van der Waals surface area contributed by atoms with Crippen LogP contribution >= 0.6 is 34.5 Å². The van der Waals surface area contributed by atoms with E-state index in [1.165, 1.54) is 6.07 Å². The van der Waals surface area contributed by atoms with Crippen molar-refractivity contribution in [2.24, 2.45) is 5.92 Å². The zero-order valence-corrected chi connectivity index (χ0v) is 14.5. The molecule has 2 atom stereocenters. The van der Waals surface area contributed by atoms with Crippen molar-refractivity contribution >= 4 is 46.4 Å². The molecule has 0 fully saturated rings. The third-order valence-electron chi connectivity index (χ3n) is 3.00. The molecule has 0 aliphatic carbocycles. The van der Waals surface area contributed by atoms with Gasteiger partial charge in [0.2, 0.25) is 0 Å². The summed E-state index contributed by atoms with van der Waals surface area (Å²) in [5.41, 5.74) is 0. The van der Waals surface area contributed by atoms with E-state index in [2.05, 4.69) is 10.1 Å². The molecule has 0 saturated heterocycles. The number of thiophene rings is 1. The van der Waals surface area contributed by atoms with Gasteiger partial charge in [0.1, 0.15) is 10.4 Å². The number of carbonyl (C=O) groups is 2. The Bertz CT molecular complexity index is 558. The molecule has 1 rings (SSSR count). The first-order valence-electron chi connectivity index (χ1n) is 6.54. The topological polar surface area (TPSA) is 55.4 Å². The molecule has 0 saturated carbocycles. The lowest BCUT2D eigenvalue weighted by Gasteiger charge is -2.22. The van der Waals surface area contributed by atoms with Gasteiger partial charge in [0.05, 0.1) is 9.90 Å². The van der Waals surface area contributed by atoms with Crippen LogP contribution in [-0.2, 0) is 9.53 Å². The number of carbonyl (C=O) groups excluding carboxylic acids is 2. The van der Waals surface area contributed by atoms with Crippen LogP contribution in [0.15, 0.2) is 6.07 Å². The molecule has 0 spiro atoms. The third-order valence-corrected chi connectivity index (χ3v) is 4.86. The summed E-state index contributed by atoms with van der Waals surface area (Å²) in [5.74, 6) is -2.21. The Kier molecular flexibility index (Phi) is 7.16. The van der Waals surface area contributed by atoms with Gasteiger partial charge in [0.25, 0.3) is 5.91 Å². The largest absolute Gasteiger partial charge is 0.454 e. The summed E-state index contributed by atoms with van der Waals surface area (Å²) in [4.78, 5) is 24.1. The molecule has 1 heterocycles. The van der Waals surface area contributed by atoms with Crippen molar-refractivity contribution in [1.82, 2.24) is 5.32 Å². The van der Waals surface area contributed by atoms with E-state index in [1.54, 1.807) is 13.8 Å². The van der Waals surface area contributed by atoms with Gasteiger partial charge >= 0.3 is 12.1 Å². The number of hydrogen-bond acceptors (Lipinski definition) is 4. The highest BCUT2D eigenvalue weighted by atomic mass is 35.5. The summed E-state index contributed by atoms with van der Waals surface area (Å²) in [6, 6.07) is 0.119. The van der Waals surface area contributed by atoms with Crippen LogP contribution in [0, 0.1) is 5.92 Å². The van der Waals surface area contributed by atoms with Crippen LogP contribution in [0.25, 0.3) is 0 Å². The average Bonchev–Trinajstić information content (AvgIpc) is 2.80. The Morgan fingerprint density at radius 2 is 2.00 bits per heavy atom. The van der Waals surface area contributed by atoms with Gasteiger partial charge in [-0.3, -0.25) is 4.79 Å². The molecule has 1 amide bonds. The second-order valence-corrected chi connectivity index (χ2v) is 6.85. The molecule has 23 heavy (non-hydrogen) atoms. The number of ether oxygens (including phenoxy) is 1. The van der Waals surface area contributed by atoms with Gasteiger partial charge in [0, 0.05) is 0 Å². The van der Waals surface area contributed by atoms with Crippen LogP contribution in [0.2, 0.25) is 9.36 Å². The molecule has 4 nitrogen and oxygen atoms in total. The summed E-state index contributed by atoms with van der Waals surface area (Å²) in [6.07, 6.45) is -4.17. The summed E-state index contributed by atoms with van der Waals surface area (Å²) in [5, 5.41) is 2.55. The number of nitrogens with one attached hydrogen (secondary N) is 1. The Morgan fingerprint density at radius 1 is 1.39 bits per heavy atom. The molecule has 0 aromatic carbocycles. The maximum absolute atomic E-state index is 12.1. The maximum atomic E-state index is 12.1. The average molecular weight is 392 g/mol. The predicted octanol–water partition coefficient (Wildman–Crippen LogP) is 4.30. The van der Waals surface area contributed by atoms with Crippen LogP contribution in [0.5, 0.6) is 0 Å². The lowest BCUT2D eigenvalue weighted by molar-refractivity contribution is -0.188. The minimum absolute atomic E-state index is 0.150. The molecule has 1 unspecified atom stereocenters. The molecule has 130 valence electrons. The van der Waals surface area contributed by atoms with E-state index in [0.29, 0.717) is 6.42 Å². The van der Waals surface area contributed by atoms with Gasteiger partial charge in [-0.05, 0) is 12.0 Å². The van der Waals surface area contributed by atoms with Crippen molar-refractivity contribution in [2.45, 2.75) is 32.5 Å². The zero-order valence-electron chi connectivity index (χ0n) is 12.2. The fraction of sp³-hybridized carbons (Fsp3) is 0.538. The van der Waals surface area contributed by atoms with E-state index in [1.807, 2.05) is 0 Å². The Hall–Kier alpha value is -0.990. The Balaban J connectivity index is 2.82. The van der Waals surface area contributed by atoms with Gasteiger partial charge in [0.15, 0.2) is 6.61 Å². The standard InChI is InChI=1S/C13H14Cl2F3NO3S/c1-3-6(2)9(12(21)22-5-13(16,17)18)19-11(20)8-4-7(14)10(15)23-8/h4,6,9H,3,5H2,1-2H3,(H,19,20)/t6?,9-/m0/s1. The van der Waals surface area contributed by atoms with E-state index in [0.717, 1.165) is 11.3 Å². The van der Waals surface area contributed by atoms with Crippen LogP contribution in [0.3, 0.4) is 0 Å². The van der Waals surface area contributed by atoms with Crippen molar-refractivity contribution in [2.75, 3.05) is 6.61 Å². The minimum atomic E-state index is -4.63. The van der Waals surface area contributed by atoms with E-state index in [-0.39, 0.29) is 14.2 Å². The fourth-order valence-corrected chi connectivity index (χ4v) is 2.85. The monoisotopic (exact) mass is 391 g/mol. The minimum Gasteiger partial charge on any atom is -0.454 e. The Labute approximate surface area is 144 Å². The molecule has 0 aliphatic heterocycles. The smallest absolute Gasteiger partial charge is 0.422 e. The summed E-state index contributed by atoms with van der Waals surface area (Å²) < 4.78 is 40.9. The van der Waals surface area contributed by atoms with Crippen molar-refractivity contribution in [1.29, 1.82) is 0 Å².